The van der Waals surface area contributed by atoms with Crippen LogP contribution in [0.3, 0.4) is 0 Å². The first kappa shape index (κ1) is 16.3. The van der Waals surface area contributed by atoms with Gasteiger partial charge in [-0.3, -0.25) is 4.79 Å². The van der Waals surface area contributed by atoms with E-state index in [1.165, 1.54) is 4.80 Å². The minimum atomic E-state index is -0.167. The van der Waals surface area contributed by atoms with Gasteiger partial charge in [0.1, 0.15) is 6.54 Å². The highest BCUT2D eigenvalue weighted by Crippen LogP contribution is 2.26. The molecule has 0 saturated carbocycles. The predicted octanol–water partition coefficient (Wildman–Crippen LogP) is 3.55. The summed E-state index contributed by atoms with van der Waals surface area (Å²) < 4.78 is 0. The van der Waals surface area contributed by atoms with Crippen LogP contribution in [-0.2, 0) is 11.3 Å². The standard InChI is InChI=1S/C17H19N5OS/c1-3-12(2)14-6-4-5-7-15(14)18-16(23)10-22-20-17(19-21-22)13-8-9-24-11-13/h4-9,11-12H,3,10H2,1-2H3,(H,18,23)/t12-/m1/s1. The number of thiophene rings is 1. The summed E-state index contributed by atoms with van der Waals surface area (Å²) in [5, 5.41) is 19.0. The Morgan fingerprint density at radius 2 is 2.17 bits per heavy atom. The molecule has 2 aromatic heterocycles. The minimum Gasteiger partial charge on any atom is -0.324 e. The molecule has 1 amide bonds. The molecule has 0 aliphatic heterocycles. The Balaban J connectivity index is 1.68. The summed E-state index contributed by atoms with van der Waals surface area (Å²) in [7, 11) is 0. The van der Waals surface area contributed by atoms with Crippen molar-refractivity contribution in [3.8, 4) is 11.4 Å². The third-order valence-corrected chi connectivity index (χ3v) is 4.58. The number of amides is 1. The fourth-order valence-corrected chi connectivity index (χ4v) is 3.03. The molecule has 1 N–H and O–H groups in total. The van der Waals surface area contributed by atoms with E-state index in [0.29, 0.717) is 11.7 Å². The van der Waals surface area contributed by atoms with E-state index in [0.717, 1.165) is 23.2 Å². The number of nitrogens with one attached hydrogen (secondary N) is 1. The second kappa shape index (κ2) is 7.35. The fraction of sp³-hybridized carbons (Fsp3) is 0.294. The van der Waals surface area contributed by atoms with Crippen molar-refractivity contribution in [1.29, 1.82) is 0 Å². The third kappa shape index (κ3) is 3.68. The number of rotatable bonds is 6. The van der Waals surface area contributed by atoms with Crippen molar-refractivity contribution in [3.05, 3.63) is 46.7 Å². The second-order valence-corrected chi connectivity index (χ2v) is 6.38. The minimum absolute atomic E-state index is 0.0337. The molecule has 0 aliphatic carbocycles. The Bertz CT molecular complexity index is 812. The van der Waals surface area contributed by atoms with Crippen molar-refractivity contribution in [2.75, 3.05) is 5.32 Å². The molecule has 0 bridgehead atoms. The molecule has 3 rings (SSSR count). The monoisotopic (exact) mass is 341 g/mol. The molecular weight excluding hydrogens is 322 g/mol. The van der Waals surface area contributed by atoms with Gasteiger partial charge in [-0.05, 0) is 40.6 Å². The number of hydrogen-bond donors (Lipinski definition) is 1. The van der Waals surface area contributed by atoms with Gasteiger partial charge < -0.3 is 5.32 Å². The van der Waals surface area contributed by atoms with Gasteiger partial charge in [-0.15, -0.1) is 10.2 Å². The number of tetrazole rings is 1. The van der Waals surface area contributed by atoms with E-state index in [9.17, 15) is 4.79 Å². The lowest BCUT2D eigenvalue weighted by Crippen LogP contribution is -2.21. The lowest BCUT2D eigenvalue weighted by molar-refractivity contribution is -0.117. The van der Waals surface area contributed by atoms with Gasteiger partial charge in [0.05, 0.1) is 0 Å². The Morgan fingerprint density at radius 1 is 1.33 bits per heavy atom. The van der Waals surface area contributed by atoms with Crippen LogP contribution < -0.4 is 5.32 Å². The first-order valence-corrected chi connectivity index (χ1v) is 8.80. The summed E-state index contributed by atoms with van der Waals surface area (Å²) in [6.07, 6.45) is 1.02. The van der Waals surface area contributed by atoms with E-state index < -0.39 is 0 Å². The van der Waals surface area contributed by atoms with E-state index in [4.69, 9.17) is 0 Å². The van der Waals surface area contributed by atoms with Gasteiger partial charge in [-0.25, -0.2) is 0 Å². The molecule has 24 heavy (non-hydrogen) atoms. The van der Waals surface area contributed by atoms with Gasteiger partial charge in [0.25, 0.3) is 0 Å². The summed E-state index contributed by atoms with van der Waals surface area (Å²) in [5.74, 6) is 0.750. The summed E-state index contributed by atoms with van der Waals surface area (Å²) in [4.78, 5) is 13.6. The SMILES string of the molecule is CC[C@@H](C)c1ccccc1NC(=O)Cn1nnc(-c2ccsc2)n1. The average Bonchev–Trinajstić information content (AvgIpc) is 3.25. The Kier molecular flexibility index (Phi) is 5.00. The Labute approximate surface area is 144 Å². The largest absolute Gasteiger partial charge is 0.324 e. The molecule has 0 unspecified atom stereocenters. The highest BCUT2D eigenvalue weighted by Gasteiger charge is 2.13. The lowest BCUT2D eigenvalue weighted by Gasteiger charge is -2.15. The molecule has 0 saturated heterocycles. The van der Waals surface area contributed by atoms with Gasteiger partial charge >= 0.3 is 0 Å². The molecule has 0 spiro atoms. The third-order valence-electron chi connectivity index (χ3n) is 3.90. The molecule has 0 aliphatic rings. The van der Waals surface area contributed by atoms with Crippen LogP contribution >= 0.6 is 11.3 Å². The zero-order chi connectivity index (χ0) is 16.9. The van der Waals surface area contributed by atoms with Crippen LogP contribution in [-0.4, -0.2) is 26.1 Å². The highest BCUT2D eigenvalue weighted by atomic mass is 32.1. The maximum atomic E-state index is 12.3. The van der Waals surface area contributed by atoms with Crippen LogP contribution in [0, 0.1) is 0 Å². The van der Waals surface area contributed by atoms with Gasteiger partial charge in [0.15, 0.2) is 0 Å². The maximum Gasteiger partial charge on any atom is 0.248 e. The number of nitrogens with zero attached hydrogens (tertiary/aromatic N) is 4. The normalized spacial score (nSPS) is 12.1. The van der Waals surface area contributed by atoms with Crippen LogP contribution in [0.5, 0.6) is 0 Å². The van der Waals surface area contributed by atoms with Crippen molar-refractivity contribution in [2.45, 2.75) is 32.7 Å². The van der Waals surface area contributed by atoms with Crippen molar-refractivity contribution < 1.29 is 4.79 Å². The quantitative estimate of drug-likeness (QED) is 0.744. The Morgan fingerprint density at radius 3 is 2.92 bits per heavy atom. The number of aromatic nitrogens is 4. The molecular formula is C17H19N5OS. The molecule has 124 valence electrons. The number of benzene rings is 1. The van der Waals surface area contributed by atoms with Gasteiger partial charge in [-0.1, -0.05) is 32.0 Å². The van der Waals surface area contributed by atoms with Crippen LogP contribution in [0.4, 0.5) is 5.69 Å². The number of hydrogen-bond acceptors (Lipinski definition) is 5. The molecule has 3 aromatic rings. The number of para-hydroxylation sites is 1. The van der Waals surface area contributed by atoms with Crippen LogP contribution in [0.15, 0.2) is 41.1 Å². The number of carbonyl (C=O) groups is 1. The predicted molar refractivity (Wildman–Crippen MR) is 94.9 cm³/mol. The van der Waals surface area contributed by atoms with Crippen molar-refractivity contribution >= 4 is 22.9 Å². The second-order valence-electron chi connectivity index (χ2n) is 5.60. The zero-order valence-corrected chi connectivity index (χ0v) is 14.5. The van der Waals surface area contributed by atoms with Crippen molar-refractivity contribution in [2.24, 2.45) is 0 Å². The molecule has 0 radical (unpaired) electrons. The zero-order valence-electron chi connectivity index (χ0n) is 13.6. The smallest absolute Gasteiger partial charge is 0.248 e. The molecule has 0 fully saturated rings. The summed E-state index contributed by atoms with van der Waals surface area (Å²) >= 11 is 1.57. The lowest BCUT2D eigenvalue weighted by atomic mass is 9.97. The maximum absolute atomic E-state index is 12.3. The van der Waals surface area contributed by atoms with Crippen molar-refractivity contribution in [3.63, 3.8) is 0 Å². The van der Waals surface area contributed by atoms with Crippen molar-refractivity contribution in [1.82, 2.24) is 20.2 Å². The average molecular weight is 341 g/mol. The number of carbonyl (C=O) groups excluding carboxylic acids is 1. The van der Waals surface area contributed by atoms with E-state index in [-0.39, 0.29) is 12.5 Å². The first-order chi connectivity index (χ1) is 11.7. The summed E-state index contributed by atoms with van der Waals surface area (Å²) in [5.41, 5.74) is 2.89. The summed E-state index contributed by atoms with van der Waals surface area (Å²) in [6.45, 7) is 4.32. The highest BCUT2D eigenvalue weighted by molar-refractivity contribution is 7.08. The first-order valence-electron chi connectivity index (χ1n) is 7.86. The Hall–Kier alpha value is -2.54. The fourth-order valence-electron chi connectivity index (χ4n) is 2.40. The molecule has 6 nitrogen and oxygen atoms in total. The van der Waals surface area contributed by atoms with Crippen LogP contribution in [0.2, 0.25) is 0 Å². The van der Waals surface area contributed by atoms with Crippen LogP contribution in [0.1, 0.15) is 31.7 Å². The van der Waals surface area contributed by atoms with E-state index in [2.05, 4.69) is 34.6 Å². The van der Waals surface area contributed by atoms with Crippen LogP contribution in [0.25, 0.3) is 11.4 Å². The molecule has 1 atom stereocenters. The van der Waals surface area contributed by atoms with E-state index in [1.807, 2.05) is 41.1 Å². The number of anilines is 1. The molecule has 1 aromatic carbocycles. The topological polar surface area (TPSA) is 72.7 Å². The van der Waals surface area contributed by atoms with Gasteiger partial charge in [-0.2, -0.15) is 16.1 Å². The summed E-state index contributed by atoms with van der Waals surface area (Å²) in [6, 6.07) is 9.80. The van der Waals surface area contributed by atoms with E-state index in [1.54, 1.807) is 11.3 Å². The van der Waals surface area contributed by atoms with Gasteiger partial charge in [0.2, 0.25) is 11.7 Å². The molecule has 2 heterocycles. The van der Waals surface area contributed by atoms with Gasteiger partial charge in [0, 0.05) is 16.6 Å². The molecule has 7 heteroatoms. The van der Waals surface area contributed by atoms with E-state index >= 15 is 0 Å².